The van der Waals surface area contributed by atoms with Crippen LogP contribution in [0.3, 0.4) is 0 Å². The van der Waals surface area contributed by atoms with Crippen LogP contribution in [0, 0.1) is 13.8 Å². The Kier molecular flexibility index (Phi) is 6.92. The number of carbonyl (C=O) groups excluding carboxylic acids is 3. The van der Waals surface area contributed by atoms with Crippen LogP contribution in [0.25, 0.3) is 11.6 Å². The zero-order valence-electron chi connectivity index (χ0n) is 21.1. The molecular weight excluding hydrogens is 466 g/mol. The van der Waals surface area contributed by atoms with Gasteiger partial charge in [-0.25, -0.2) is 0 Å². The number of nitrogens with one attached hydrogen (secondary N) is 4. The van der Waals surface area contributed by atoms with Crippen molar-refractivity contribution < 1.29 is 14.4 Å². The maximum Gasteiger partial charge on any atom is 0.256 e. The Morgan fingerprint density at radius 2 is 1.78 bits per heavy atom. The molecular formula is C29H31N5O3. The van der Waals surface area contributed by atoms with Crippen molar-refractivity contribution in [2.45, 2.75) is 26.7 Å². The second kappa shape index (κ2) is 10.4. The first-order valence-corrected chi connectivity index (χ1v) is 12.6. The molecule has 1 saturated heterocycles. The molecule has 0 spiro atoms. The topological polar surface area (TPSA) is 106 Å². The average Bonchev–Trinajstić information content (AvgIpc) is 3.58. The summed E-state index contributed by atoms with van der Waals surface area (Å²) in [4.78, 5) is 43.9. The van der Waals surface area contributed by atoms with E-state index in [1.165, 1.54) is 12.8 Å². The number of fused-ring (bicyclic) bond motifs is 1. The van der Waals surface area contributed by atoms with Crippen LogP contribution in [0.4, 0.5) is 11.4 Å². The highest BCUT2D eigenvalue weighted by atomic mass is 16.2. The lowest BCUT2D eigenvalue weighted by Gasteiger charge is -2.14. The third-order valence-electron chi connectivity index (χ3n) is 7.00. The Morgan fingerprint density at radius 3 is 2.54 bits per heavy atom. The fourth-order valence-corrected chi connectivity index (χ4v) is 5.03. The number of hydrogen-bond donors (Lipinski definition) is 4. The Morgan fingerprint density at radius 1 is 1.03 bits per heavy atom. The lowest BCUT2D eigenvalue weighted by Crippen LogP contribution is -2.33. The lowest BCUT2D eigenvalue weighted by atomic mass is 10.0. The number of aromatic amines is 1. The summed E-state index contributed by atoms with van der Waals surface area (Å²) >= 11 is 0. The molecule has 8 nitrogen and oxygen atoms in total. The van der Waals surface area contributed by atoms with E-state index in [2.05, 4.69) is 25.8 Å². The minimum atomic E-state index is -0.232. The van der Waals surface area contributed by atoms with E-state index in [1.807, 2.05) is 38.1 Å². The molecule has 190 valence electrons. The van der Waals surface area contributed by atoms with Gasteiger partial charge < -0.3 is 25.8 Å². The van der Waals surface area contributed by atoms with Crippen molar-refractivity contribution in [3.8, 4) is 0 Å². The van der Waals surface area contributed by atoms with Crippen LogP contribution in [0.15, 0.2) is 48.5 Å². The van der Waals surface area contributed by atoms with Crippen molar-refractivity contribution in [1.82, 2.24) is 15.2 Å². The summed E-state index contributed by atoms with van der Waals surface area (Å²) in [7, 11) is 0. The summed E-state index contributed by atoms with van der Waals surface area (Å²) in [6, 6.07) is 14.3. The van der Waals surface area contributed by atoms with E-state index in [-0.39, 0.29) is 17.7 Å². The molecule has 4 N–H and O–H groups in total. The van der Waals surface area contributed by atoms with Crippen molar-refractivity contribution in [3.63, 3.8) is 0 Å². The molecule has 1 fully saturated rings. The molecule has 3 heterocycles. The third kappa shape index (κ3) is 5.20. The molecule has 2 aliphatic heterocycles. The van der Waals surface area contributed by atoms with E-state index in [9.17, 15) is 14.4 Å². The molecule has 2 aliphatic rings. The van der Waals surface area contributed by atoms with Gasteiger partial charge >= 0.3 is 0 Å². The van der Waals surface area contributed by atoms with Gasteiger partial charge in [0, 0.05) is 41.3 Å². The molecule has 0 bridgehead atoms. The van der Waals surface area contributed by atoms with E-state index < -0.39 is 0 Å². The second-order valence-corrected chi connectivity index (χ2v) is 9.56. The van der Waals surface area contributed by atoms with Crippen molar-refractivity contribution in [1.29, 1.82) is 0 Å². The molecule has 0 radical (unpaired) electrons. The van der Waals surface area contributed by atoms with Gasteiger partial charge in [-0.05, 0) is 75.7 Å². The molecule has 5 rings (SSSR count). The first-order chi connectivity index (χ1) is 17.9. The van der Waals surface area contributed by atoms with Crippen molar-refractivity contribution in [2.24, 2.45) is 0 Å². The number of hydrogen-bond acceptors (Lipinski definition) is 4. The fourth-order valence-electron chi connectivity index (χ4n) is 5.03. The monoisotopic (exact) mass is 497 g/mol. The predicted molar refractivity (Wildman–Crippen MR) is 146 cm³/mol. The minimum Gasteiger partial charge on any atom is -0.358 e. The van der Waals surface area contributed by atoms with E-state index >= 15 is 0 Å². The Balaban J connectivity index is 1.32. The van der Waals surface area contributed by atoms with Gasteiger partial charge in [0.15, 0.2) is 0 Å². The first-order valence-electron chi connectivity index (χ1n) is 12.6. The van der Waals surface area contributed by atoms with E-state index in [0.717, 1.165) is 42.1 Å². The summed E-state index contributed by atoms with van der Waals surface area (Å²) in [5.41, 5.74) is 5.93. The van der Waals surface area contributed by atoms with Gasteiger partial charge in [0.05, 0.1) is 16.8 Å². The van der Waals surface area contributed by atoms with Crippen LogP contribution >= 0.6 is 0 Å². The zero-order valence-corrected chi connectivity index (χ0v) is 21.1. The first kappa shape index (κ1) is 24.5. The Labute approximate surface area is 216 Å². The third-order valence-corrected chi connectivity index (χ3v) is 7.00. The van der Waals surface area contributed by atoms with Gasteiger partial charge in [-0.3, -0.25) is 14.4 Å². The lowest BCUT2D eigenvalue weighted by molar-refractivity contribution is -0.110. The number of aryl methyl sites for hydroxylation is 1. The van der Waals surface area contributed by atoms with Crippen molar-refractivity contribution >= 4 is 40.7 Å². The van der Waals surface area contributed by atoms with Crippen LogP contribution in [-0.4, -0.2) is 53.8 Å². The zero-order chi connectivity index (χ0) is 25.9. The summed E-state index contributed by atoms with van der Waals surface area (Å²) in [5.74, 6) is -0.556. The molecule has 8 heteroatoms. The molecule has 3 aromatic rings. The number of carbonyl (C=O) groups is 3. The second-order valence-electron chi connectivity index (χ2n) is 9.56. The van der Waals surface area contributed by atoms with Gasteiger partial charge in [0.25, 0.3) is 17.7 Å². The maximum absolute atomic E-state index is 12.9. The number of nitrogens with zero attached hydrogens (tertiary/aromatic N) is 1. The number of rotatable bonds is 7. The minimum absolute atomic E-state index is 0.106. The van der Waals surface area contributed by atoms with Crippen LogP contribution in [0.1, 0.15) is 56.1 Å². The van der Waals surface area contributed by atoms with Gasteiger partial charge in [-0.15, -0.1) is 0 Å². The number of likely N-dealkylation sites (tertiary alicyclic amines) is 1. The van der Waals surface area contributed by atoms with Crippen LogP contribution in [0.5, 0.6) is 0 Å². The Hall–Kier alpha value is -4.17. The molecule has 0 atom stereocenters. The van der Waals surface area contributed by atoms with Crippen molar-refractivity contribution in [3.05, 3.63) is 82.2 Å². The number of benzene rings is 2. The fraction of sp³-hybridized carbons (Fsp3) is 0.276. The summed E-state index contributed by atoms with van der Waals surface area (Å²) < 4.78 is 0. The van der Waals surface area contributed by atoms with Gasteiger partial charge in [-0.2, -0.15) is 0 Å². The standard InChI is InChI=1S/C29H31N5O3/c1-18-24(31-19(2)26(18)29(37)30-12-15-34-13-6-7-14-34)17-23-22-11-10-21(16-25(22)33-28(23)36)32-27(35)20-8-4-3-5-9-20/h3-5,8-11,16-17,31H,6-7,12-15H2,1-2H3,(H,30,37)(H,32,35)(H,33,36). The van der Waals surface area contributed by atoms with E-state index in [1.54, 1.807) is 30.3 Å². The highest BCUT2D eigenvalue weighted by Gasteiger charge is 2.26. The maximum atomic E-state index is 12.9. The smallest absolute Gasteiger partial charge is 0.256 e. The SMILES string of the molecule is Cc1[nH]c(C=C2C(=O)Nc3cc(NC(=O)c4ccccc4)ccc32)c(C)c1C(=O)NCCN1CCCC1. The number of aromatic nitrogens is 1. The van der Waals surface area contributed by atoms with Gasteiger partial charge in [-0.1, -0.05) is 24.3 Å². The number of anilines is 2. The molecule has 37 heavy (non-hydrogen) atoms. The molecule has 0 saturated carbocycles. The molecule has 0 unspecified atom stereocenters. The van der Waals surface area contributed by atoms with E-state index in [4.69, 9.17) is 0 Å². The summed E-state index contributed by atoms with van der Waals surface area (Å²) in [6.45, 7) is 7.42. The molecule has 0 aliphatic carbocycles. The number of amides is 3. The summed E-state index contributed by atoms with van der Waals surface area (Å²) in [6.07, 6.45) is 4.23. The van der Waals surface area contributed by atoms with Crippen molar-refractivity contribution in [2.75, 3.05) is 36.8 Å². The quantitative estimate of drug-likeness (QED) is 0.367. The summed E-state index contributed by atoms with van der Waals surface area (Å²) in [5, 5.41) is 8.79. The van der Waals surface area contributed by atoms with Crippen LogP contribution in [0.2, 0.25) is 0 Å². The highest BCUT2D eigenvalue weighted by molar-refractivity contribution is 6.35. The molecule has 3 amide bonds. The largest absolute Gasteiger partial charge is 0.358 e. The van der Waals surface area contributed by atoms with Crippen LogP contribution < -0.4 is 16.0 Å². The highest BCUT2D eigenvalue weighted by Crippen LogP contribution is 2.36. The van der Waals surface area contributed by atoms with Gasteiger partial charge in [0.2, 0.25) is 0 Å². The van der Waals surface area contributed by atoms with E-state index in [0.29, 0.717) is 34.6 Å². The molecule has 1 aromatic heterocycles. The van der Waals surface area contributed by atoms with Crippen LogP contribution in [-0.2, 0) is 4.79 Å². The molecule has 2 aromatic carbocycles. The predicted octanol–water partition coefficient (Wildman–Crippen LogP) is 4.20. The van der Waals surface area contributed by atoms with Gasteiger partial charge in [0.1, 0.15) is 0 Å². The Bertz CT molecular complexity index is 1380. The number of H-pyrrole nitrogens is 1. The normalized spacial score (nSPS) is 16.1. The average molecular weight is 498 g/mol.